The first kappa shape index (κ1) is 10.8. The van der Waals surface area contributed by atoms with Crippen molar-refractivity contribution in [1.82, 2.24) is 14.6 Å². The molecule has 15 heavy (non-hydrogen) atoms. The predicted octanol–water partition coefficient (Wildman–Crippen LogP) is 2.31. The number of hydrogen-bond donors (Lipinski definition) is 0. The van der Waals surface area contributed by atoms with E-state index < -0.39 is 0 Å². The third kappa shape index (κ3) is 1.96. The molecule has 80 valence electrons. The first-order valence-electron chi connectivity index (χ1n) is 4.63. The average molecular weight is 288 g/mol. The monoisotopic (exact) mass is 287 g/mol. The Labute approximate surface area is 99.1 Å². The summed E-state index contributed by atoms with van der Waals surface area (Å²) in [5, 5.41) is 5.13. The van der Waals surface area contributed by atoms with Crippen LogP contribution in [0, 0.1) is 6.92 Å². The van der Waals surface area contributed by atoms with Crippen LogP contribution in [-0.4, -0.2) is 14.6 Å². The van der Waals surface area contributed by atoms with Crippen molar-refractivity contribution in [2.45, 2.75) is 25.1 Å². The number of rotatable bonds is 2. The molecular formula is C9H10BrN3OS. The highest BCUT2D eigenvalue weighted by atomic mass is 79.9. The number of aromatic nitrogens is 3. The molecule has 2 aromatic heterocycles. The molecule has 0 N–H and O–H groups in total. The topological polar surface area (TPSA) is 47.3 Å². The number of aryl methyl sites for hydroxylation is 1. The van der Waals surface area contributed by atoms with Crippen LogP contribution in [0.3, 0.4) is 0 Å². The van der Waals surface area contributed by atoms with Gasteiger partial charge in [0.1, 0.15) is 5.01 Å². The average Bonchev–Trinajstić information content (AvgIpc) is 2.60. The van der Waals surface area contributed by atoms with E-state index in [1.807, 2.05) is 6.92 Å². The fraction of sp³-hybridized carbons (Fsp3) is 0.444. The zero-order chi connectivity index (χ0) is 11.0. The Morgan fingerprint density at radius 2 is 2.40 bits per heavy atom. The highest BCUT2D eigenvalue weighted by Gasteiger charge is 2.13. The summed E-state index contributed by atoms with van der Waals surface area (Å²) < 4.78 is 1.36. The van der Waals surface area contributed by atoms with Crippen molar-refractivity contribution in [3.63, 3.8) is 0 Å². The quantitative estimate of drug-likeness (QED) is 0.797. The van der Waals surface area contributed by atoms with Gasteiger partial charge in [-0.15, -0.1) is 0 Å². The van der Waals surface area contributed by atoms with Gasteiger partial charge in [0.05, 0.1) is 4.83 Å². The largest absolute Gasteiger partial charge is 0.275 e. The molecular weight excluding hydrogens is 278 g/mol. The number of hydrogen-bond acceptors (Lipinski definition) is 4. The summed E-state index contributed by atoms with van der Waals surface area (Å²) in [7, 11) is 0. The molecule has 2 rings (SSSR count). The van der Waals surface area contributed by atoms with Crippen molar-refractivity contribution < 1.29 is 0 Å². The maximum absolute atomic E-state index is 11.6. The molecule has 0 bridgehead atoms. The van der Waals surface area contributed by atoms with Crippen LogP contribution in [0.2, 0.25) is 0 Å². The normalized spacial score (nSPS) is 13.3. The van der Waals surface area contributed by atoms with E-state index in [0.29, 0.717) is 4.96 Å². The molecule has 0 saturated heterocycles. The molecule has 2 heterocycles. The van der Waals surface area contributed by atoms with Gasteiger partial charge in [0.15, 0.2) is 0 Å². The van der Waals surface area contributed by atoms with Gasteiger partial charge in [-0.2, -0.15) is 9.61 Å². The van der Waals surface area contributed by atoms with Crippen LogP contribution < -0.4 is 5.56 Å². The molecule has 0 aromatic carbocycles. The molecule has 0 amide bonds. The summed E-state index contributed by atoms with van der Waals surface area (Å²) in [6.07, 6.45) is 0.938. The van der Waals surface area contributed by atoms with Crippen LogP contribution in [0.5, 0.6) is 0 Å². The number of nitrogens with zero attached hydrogens (tertiary/aromatic N) is 3. The van der Waals surface area contributed by atoms with E-state index in [1.54, 1.807) is 0 Å². The second-order valence-corrected chi connectivity index (χ2v) is 5.34. The van der Waals surface area contributed by atoms with Gasteiger partial charge in [-0.05, 0) is 13.3 Å². The lowest BCUT2D eigenvalue weighted by Gasteiger charge is -1.97. The Morgan fingerprint density at radius 1 is 1.67 bits per heavy atom. The molecule has 1 unspecified atom stereocenters. The zero-order valence-corrected chi connectivity index (χ0v) is 10.8. The van der Waals surface area contributed by atoms with E-state index in [0.717, 1.165) is 17.1 Å². The van der Waals surface area contributed by atoms with Gasteiger partial charge >= 0.3 is 0 Å². The summed E-state index contributed by atoms with van der Waals surface area (Å²) >= 11 is 4.96. The van der Waals surface area contributed by atoms with Crippen LogP contribution in [0.15, 0.2) is 10.9 Å². The van der Waals surface area contributed by atoms with Crippen molar-refractivity contribution in [2.24, 2.45) is 0 Å². The van der Waals surface area contributed by atoms with Crippen molar-refractivity contribution >= 4 is 32.2 Å². The summed E-state index contributed by atoms with van der Waals surface area (Å²) in [6.45, 7) is 3.87. The maximum Gasteiger partial charge on any atom is 0.275 e. The van der Waals surface area contributed by atoms with Gasteiger partial charge in [-0.3, -0.25) is 4.79 Å². The summed E-state index contributed by atoms with van der Waals surface area (Å²) in [6, 6.07) is 1.49. The van der Waals surface area contributed by atoms with E-state index in [9.17, 15) is 4.79 Å². The molecule has 0 saturated carbocycles. The molecule has 2 aromatic rings. The third-order valence-corrected chi connectivity index (χ3v) is 4.42. The molecule has 0 aliphatic carbocycles. The van der Waals surface area contributed by atoms with Gasteiger partial charge in [-0.1, -0.05) is 34.2 Å². The Balaban J connectivity index is 2.65. The minimum atomic E-state index is -0.115. The molecule has 4 nitrogen and oxygen atoms in total. The van der Waals surface area contributed by atoms with Gasteiger partial charge in [-0.25, -0.2) is 4.98 Å². The highest BCUT2D eigenvalue weighted by molar-refractivity contribution is 9.09. The Hall–Kier alpha value is -0.750. The molecule has 0 aliphatic heterocycles. The molecule has 0 aliphatic rings. The van der Waals surface area contributed by atoms with E-state index in [2.05, 4.69) is 32.9 Å². The molecule has 0 radical (unpaired) electrons. The fourth-order valence-corrected chi connectivity index (χ4v) is 2.62. The second kappa shape index (κ2) is 4.02. The molecule has 6 heteroatoms. The summed E-state index contributed by atoms with van der Waals surface area (Å²) in [5.74, 6) is 0. The van der Waals surface area contributed by atoms with Gasteiger partial charge in [0.2, 0.25) is 4.96 Å². The second-order valence-electron chi connectivity index (χ2n) is 3.25. The predicted molar refractivity (Wildman–Crippen MR) is 63.8 cm³/mol. The lowest BCUT2D eigenvalue weighted by Crippen LogP contribution is -2.14. The first-order valence-corrected chi connectivity index (χ1v) is 6.36. The van der Waals surface area contributed by atoms with E-state index in [-0.39, 0.29) is 10.4 Å². The number of halogens is 1. The van der Waals surface area contributed by atoms with E-state index in [4.69, 9.17) is 0 Å². The fourth-order valence-electron chi connectivity index (χ4n) is 1.24. The van der Waals surface area contributed by atoms with Gasteiger partial charge < -0.3 is 0 Å². The van der Waals surface area contributed by atoms with Crippen LogP contribution >= 0.6 is 27.3 Å². The van der Waals surface area contributed by atoms with Crippen molar-refractivity contribution in [3.8, 4) is 0 Å². The lowest BCUT2D eigenvalue weighted by molar-refractivity contribution is 0.814. The van der Waals surface area contributed by atoms with Crippen LogP contribution in [-0.2, 0) is 0 Å². The van der Waals surface area contributed by atoms with Gasteiger partial charge in [0.25, 0.3) is 5.56 Å². The summed E-state index contributed by atoms with van der Waals surface area (Å²) in [5.41, 5.74) is 0.619. The SMILES string of the molecule is CCC(Br)c1nn2c(=O)cc(C)nc2s1. The Bertz CT molecular complexity index is 548. The standard InChI is InChI=1S/C9H10BrN3OS/c1-3-6(10)8-12-13-7(14)4-5(2)11-9(13)15-8/h4,6H,3H2,1-2H3. The van der Waals surface area contributed by atoms with Crippen molar-refractivity contribution in [2.75, 3.05) is 0 Å². The summed E-state index contributed by atoms with van der Waals surface area (Å²) in [4.78, 5) is 16.7. The van der Waals surface area contributed by atoms with Crippen LogP contribution in [0.4, 0.5) is 0 Å². The van der Waals surface area contributed by atoms with Crippen LogP contribution in [0.1, 0.15) is 28.9 Å². The lowest BCUT2D eigenvalue weighted by atomic mass is 10.4. The molecule has 0 fully saturated rings. The van der Waals surface area contributed by atoms with Gasteiger partial charge in [0, 0.05) is 11.8 Å². The number of fused-ring (bicyclic) bond motifs is 1. The van der Waals surface area contributed by atoms with E-state index in [1.165, 1.54) is 21.9 Å². The van der Waals surface area contributed by atoms with Crippen molar-refractivity contribution in [1.29, 1.82) is 0 Å². The molecule has 1 atom stereocenters. The molecule has 0 spiro atoms. The highest BCUT2D eigenvalue weighted by Crippen LogP contribution is 2.28. The van der Waals surface area contributed by atoms with E-state index >= 15 is 0 Å². The van der Waals surface area contributed by atoms with Crippen molar-refractivity contribution in [3.05, 3.63) is 27.1 Å². The maximum atomic E-state index is 11.6. The van der Waals surface area contributed by atoms with Crippen LogP contribution in [0.25, 0.3) is 4.96 Å². The minimum Gasteiger partial charge on any atom is -0.267 e. The smallest absolute Gasteiger partial charge is 0.267 e. The zero-order valence-electron chi connectivity index (χ0n) is 8.40. The Kier molecular flexibility index (Phi) is 2.88. The minimum absolute atomic E-state index is 0.115. The number of alkyl halides is 1. The Morgan fingerprint density at radius 3 is 3.07 bits per heavy atom. The first-order chi connectivity index (χ1) is 7.11. The third-order valence-electron chi connectivity index (χ3n) is 2.02.